The molecule has 1 saturated carbocycles. The first kappa shape index (κ1) is 28.3. The topological polar surface area (TPSA) is 54.0 Å². The van der Waals surface area contributed by atoms with Gasteiger partial charge >= 0.3 is 0 Å². The van der Waals surface area contributed by atoms with Crippen LogP contribution in [0.3, 0.4) is 0 Å². The molecule has 0 spiro atoms. The van der Waals surface area contributed by atoms with Crippen molar-refractivity contribution in [2.24, 2.45) is 0 Å². The van der Waals surface area contributed by atoms with E-state index in [0.29, 0.717) is 36.6 Å². The maximum atomic E-state index is 15.0. The van der Waals surface area contributed by atoms with Crippen LogP contribution in [0.15, 0.2) is 54.6 Å². The molecular weight excluding hydrogens is 503 g/mol. The SMILES string of the molecule is CCN(Cc1ccc(OCCNC2CCCCC2)c(F)c1)c1cc(OC)ccc1C1CCc2cc(O)ccc2C1. The molecule has 2 N–H and O–H groups in total. The van der Waals surface area contributed by atoms with Crippen LogP contribution in [0.4, 0.5) is 10.1 Å². The number of hydrogen-bond donors (Lipinski definition) is 2. The van der Waals surface area contributed by atoms with E-state index in [1.54, 1.807) is 25.3 Å². The first-order chi connectivity index (χ1) is 19.5. The highest BCUT2D eigenvalue weighted by molar-refractivity contribution is 5.60. The zero-order valence-electron chi connectivity index (χ0n) is 23.9. The molecule has 5 nitrogen and oxygen atoms in total. The number of hydrogen-bond acceptors (Lipinski definition) is 5. The van der Waals surface area contributed by atoms with Crippen LogP contribution >= 0.6 is 0 Å². The Kier molecular flexibility index (Phi) is 9.48. The lowest BCUT2D eigenvalue weighted by Crippen LogP contribution is -2.34. The number of halogens is 1. The maximum absolute atomic E-state index is 15.0. The van der Waals surface area contributed by atoms with E-state index < -0.39 is 0 Å². The number of anilines is 1. The van der Waals surface area contributed by atoms with E-state index in [1.165, 1.54) is 48.8 Å². The number of nitrogens with one attached hydrogen (secondary N) is 1. The first-order valence-electron chi connectivity index (χ1n) is 14.9. The zero-order valence-corrected chi connectivity index (χ0v) is 23.9. The molecule has 0 radical (unpaired) electrons. The molecule has 0 heterocycles. The predicted octanol–water partition coefficient (Wildman–Crippen LogP) is 7.14. The quantitative estimate of drug-likeness (QED) is 0.250. The second-order valence-corrected chi connectivity index (χ2v) is 11.2. The summed E-state index contributed by atoms with van der Waals surface area (Å²) < 4.78 is 26.4. The molecule has 0 saturated heterocycles. The van der Waals surface area contributed by atoms with Crippen LogP contribution in [-0.2, 0) is 19.4 Å². The first-order valence-corrected chi connectivity index (χ1v) is 14.9. The molecule has 1 fully saturated rings. The van der Waals surface area contributed by atoms with Gasteiger partial charge in [0.25, 0.3) is 0 Å². The molecule has 0 amide bonds. The summed E-state index contributed by atoms with van der Waals surface area (Å²) in [5.41, 5.74) is 5.85. The van der Waals surface area contributed by atoms with Gasteiger partial charge < -0.3 is 24.8 Å². The second kappa shape index (κ2) is 13.4. The lowest BCUT2D eigenvalue weighted by Gasteiger charge is -2.32. The van der Waals surface area contributed by atoms with E-state index in [2.05, 4.69) is 35.3 Å². The Balaban J connectivity index is 1.27. The summed E-state index contributed by atoms with van der Waals surface area (Å²) in [4.78, 5) is 2.30. The van der Waals surface area contributed by atoms with Crippen molar-refractivity contribution in [3.05, 3.63) is 82.7 Å². The minimum Gasteiger partial charge on any atom is -0.508 e. The van der Waals surface area contributed by atoms with Gasteiger partial charge in [0, 0.05) is 37.4 Å². The van der Waals surface area contributed by atoms with Crippen LogP contribution in [0.1, 0.15) is 73.6 Å². The second-order valence-electron chi connectivity index (χ2n) is 11.2. The Morgan fingerprint density at radius 2 is 1.82 bits per heavy atom. The van der Waals surface area contributed by atoms with E-state index in [-0.39, 0.29) is 5.82 Å². The summed E-state index contributed by atoms with van der Waals surface area (Å²) >= 11 is 0. The Labute approximate surface area is 238 Å². The number of rotatable bonds is 11. The Bertz CT molecular complexity index is 1270. The zero-order chi connectivity index (χ0) is 27.9. The molecule has 3 aromatic rings. The smallest absolute Gasteiger partial charge is 0.165 e. The average molecular weight is 547 g/mol. The summed E-state index contributed by atoms with van der Waals surface area (Å²) in [5, 5.41) is 13.4. The third-order valence-corrected chi connectivity index (χ3v) is 8.59. The normalized spacial score (nSPS) is 17.3. The van der Waals surface area contributed by atoms with Crippen molar-refractivity contribution in [3.63, 3.8) is 0 Å². The molecule has 2 aliphatic carbocycles. The summed E-state index contributed by atoms with van der Waals surface area (Å²) in [5.74, 6) is 1.51. The molecule has 1 atom stereocenters. The molecule has 1 unspecified atom stereocenters. The van der Waals surface area contributed by atoms with Crippen molar-refractivity contribution in [1.29, 1.82) is 0 Å². The van der Waals surface area contributed by atoms with Crippen molar-refractivity contribution < 1.29 is 19.0 Å². The fraction of sp³-hybridized carbons (Fsp3) is 0.471. The third kappa shape index (κ3) is 6.90. The summed E-state index contributed by atoms with van der Waals surface area (Å²) in [6.07, 6.45) is 9.26. The molecule has 214 valence electrons. The predicted molar refractivity (Wildman–Crippen MR) is 159 cm³/mol. The monoisotopic (exact) mass is 546 g/mol. The van der Waals surface area contributed by atoms with Gasteiger partial charge in [0.2, 0.25) is 0 Å². The highest BCUT2D eigenvalue weighted by Gasteiger charge is 2.25. The van der Waals surface area contributed by atoms with Crippen LogP contribution in [0.5, 0.6) is 17.2 Å². The van der Waals surface area contributed by atoms with Gasteiger partial charge in [-0.3, -0.25) is 0 Å². The molecule has 6 heteroatoms. The Hall–Kier alpha value is -3.25. The van der Waals surface area contributed by atoms with Crippen molar-refractivity contribution in [1.82, 2.24) is 5.32 Å². The Morgan fingerprint density at radius 1 is 0.975 bits per heavy atom. The van der Waals surface area contributed by atoms with E-state index in [1.807, 2.05) is 18.2 Å². The van der Waals surface area contributed by atoms with Gasteiger partial charge in [-0.15, -0.1) is 0 Å². The highest BCUT2D eigenvalue weighted by Crippen LogP contribution is 2.40. The number of nitrogens with zero attached hydrogens (tertiary/aromatic N) is 1. The van der Waals surface area contributed by atoms with Crippen LogP contribution in [0, 0.1) is 5.82 Å². The number of aromatic hydroxyl groups is 1. The van der Waals surface area contributed by atoms with Crippen LogP contribution in [0.2, 0.25) is 0 Å². The summed E-state index contributed by atoms with van der Waals surface area (Å²) in [7, 11) is 1.69. The van der Waals surface area contributed by atoms with Crippen LogP contribution in [0.25, 0.3) is 0 Å². The largest absolute Gasteiger partial charge is 0.508 e. The van der Waals surface area contributed by atoms with Crippen molar-refractivity contribution in [3.8, 4) is 17.2 Å². The van der Waals surface area contributed by atoms with E-state index in [9.17, 15) is 5.11 Å². The van der Waals surface area contributed by atoms with E-state index >= 15 is 4.39 Å². The van der Waals surface area contributed by atoms with E-state index in [0.717, 1.165) is 49.4 Å². The number of methoxy groups -OCH3 is 1. The standard InChI is InChI=1S/C34H43FN2O3/c1-3-37(23-24-9-16-34(32(35)19-24)40-18-17-36-28-7-5-4-6-8-28)33-22-30(39-2)14-15-31(33)27-11-10-26-21-29(38)13-12-25(26)20-27/h9,12-16,19,21-22,27-28,36,38H,3-8,10-11,17-18,20,23H2,1-2H3. The third-order valence-electron chi connectivity index (χ3n) is 8.59. The van der Waals surface area contributed by atoms with Gasteiger partial charge in [0.15, 0.2) is 11.6 Å². The van der Waals surface area contributed by atoms with Gasteiger partial charge in [-0.2, -0.15) is 0 Å². The average Bonchev–Trinajstić information content (AvgIpc) is 2.99. The van der Waals surface area contributed by atoms with Crippen molar-refractivity contribution in [2.45, 2.75) is 76.8 Å². The molecule has 40 heavy (non-hydrogen) atoms. The van der Waals surface area contributed by atoms with Crippen LogP contribution in [-0.4, -0.2) is 38.0 Å². The molecule has 2 aliphatic rings. The fourth-order valence-electron chi connectivity index (χ4n) is 6.35. The number of aryl methyl sites for hydroxylation is 1. The number of phenols is 1. The van der Waals surface area contributed by atoms with Crippen molar-refractivity contribution >= 4 is 5.69 Å². The number of phenolic OH excluding ortho intramolecular Hbond substituents is 1. The van der Waals surface area contributed by atoms with Gasteiger partial charge in [-0.1, -0.05) is 37.5 Å². The fourth-order valence-corrected chi connectivity index (χ4v) is 6.35. The van der Waals surface area contributed by atoms with Crippen molar-refractivity contribution in [2.75, 3.05) is 31.7 Å². The van der Waals surface area contributed by atoms with Gasteiger partial charge in [0.05, 0.1) is 7.11 Å². The minimum absolute atomic E-state index is 0.311. The molecule has 0 bridgehead atoms. The number of benzene rings is 3. The lowest BCUT2D eigenvalue weighted by atomic mass is 9.79. The van der Waals surface area contributed by atoms with Gasteiger partial charge in [0.1, 0.15) is 18.1 Å². The summed E-state index contributed by atoms with van der Waals surface area (Å²) in [6.45, 7) is 4.71. The lowest BCUT2D eigenvalue weighted by molar-refractivity contribution is 0.279. The number of ether oxygens (including phenoxy) is 2. The Morgan fingerprint density at radius 3 is 2.60 bits per heavy atom. The molecule has 0 aliphatic heterocycles. The molecule has 5 rings (SSSR count). The molecule has 0 aromatic heterocycles. The summed E-state index contributed by atoms with van der Waals surface area (Å²) in [6, 6.07) is 18.0. The van der Waals surface area contributed by atoms with E-state index in [4.69, 9.17) is 9.47 Å². The van der Waals surface area contributed by atoms with Gasteiger partial charge in [-0.25, -0.2) is 4.39 Å². The minimum atomic E-state index is -0.316. The maximum Gasteiger partial charge on any atom is 0.165 e. The number of fused-ring (bicyclic) bond motifs is 1. The molecule has 3 aromatic carbocycles. The molecular formula is C34H43FN2O3. The van der Waals surface area contributed by atoms with Gasteiger partial charge in [-0.05, 0) is 97.5 Å². The highest BCUT2D eigenvalue weighted by atomic mass is 19.1. The van der Waals surface area contributed by atoms with Crippen LogP contribution < -0.4 is 19.7 Å².